The van der Waals surface area contributed by atoms with Crippen LogP contribution in [0.5, 0.6) is 0 Å². The molecule has 0 atom stereocenters. The predicted octanol–water partition coefficient (Wildman–Crippen LogP) is 0.188. The molecule has 0 aromatic carbocycles. The number of aryl methyl sites for hydroxylation is 1. The fourth-order valence-electron chi connectivity index (χ4n) is 1.45. The number of amides is 1. The second-order valence-corrected chi connectivity index (χ2v) is 4.63. The molecule has 2 aromatic rings. The largest absolute Gasteiger partial charge is 0.345 e. The van der Waals surface area contributed by atoms with E-state index < -0.39 is 0 Å². The van der Waals surface area contributed by atoms with Gasteiger partial charge in [-0.3, -0.25) is 9.48 Å². The summed E-state index contributed by atoms with van der Waals surface area (Å²) in [5.74, 6) is 5.83. The second-order valence-electron chi connectivity index (χ2n) is 3.71. The van der Waals surface area contributed by atoms with E-state index in [1.54, 1.807) is 30.3 Å². The highest BCUT2D eigenvalue weighted by Crippen LogP contribution is 2.17. The molecule has 0 aliphatic rings. The van der Waals surface area contributed by atoms with Gasteiger partial charge in [0, 0.05) is 17.7 Å². The Morgan fingerprint density at radius 1 is 1.53 bits per heavy atom. The van der Waals surface area contributed by atoms with Crippen LogP contribution in [-0.4, -0.2) is 25.7 Å². The van der Waals surface area contributed by atoms with Crippen molar-refractivity contribution in [3.63, 3.8) is 0 Å². The number of carbonyl (C=O) groups is 1. The highest BCUT2D eigenvalue weighted by atomic mass is 79.9. The van der Waals surface area contributed by atoms with Gasteiger partial charge < -0.3 is 10.7 Å². The Morgan fingerprint density at radius 2 is 2.32 bits per heavy atom. The Bertz CT molecular complexity index is 597. The number of hydrogen-bond donors (Lipinski definition) is 3. The summed E-state index contributed by atoms with van der Waals surface area (Å²) in [4.78, 5) is 20.0. The van der Waals surface area contributed by atoms with Crippen molar-refractivity contribution >= 4 is 27.7 Å². The Balaban J connectivity index is 2.09. The van der Waals surface area contributed by atoms with Crippen LogP contribution >= 0.6 is 15.9 Å². The van der Waals surface area contributed by atoms with Gasteiger partial charge in [-0.05, 0) is 22.0 Å². The lowest BCUT2D eigenvalue weighted by molar-refractivity contribution is 0.0950. The van der Waals surface area contributed by atoms with Crippen LogP contribution in [0, 0.1) is 0 Å². The molecule has 0 saturated heterocycles. The van der Waals surface area contributed by atoms with Gasteiger partial charge in [0.25, 0.3) is 5.91 Å². The average molecular weight is 326 g/mol. The van der Waals surface area contributed by atoms with Crippen LogP contribution in [0.2, 0.25) is 0 Å². The number of nitrogen functional groups attached to an aromatic ring is 1. The van der Waals surface area contributed by atoms with Crippen molar-refractivity contribution in [1.82, 2.24) is 25.1 Å². The maximum Gasteiger partial charge on any atom is 0.255 e. The molecule has 0 saturated carbocycles. The molecule has 0 unspecified atom stereocenters. The topological polar surface area (TPSA) is 111 Å². The molecule has 9 heteroatoms. The number of nitrogens with two attached hydrogens (primary N) is 1. The summed E-state index contributed by atoms with van der Waals surface area (Å²) in [5, 5.41) is 6.76. The Morgan fingerprint density at radius 3 is 2.95 bits per heavy atom. The zero-order valence-electron chi connectivity index (χ0n) is 10.1. The first-order chi connectivity index (χ1) is 9.10. The SMILES string of the molecule is Cn1cnc(CNC(=O)c2cc(Br)cnc2NN)n1. The number of hydrogen-bond acceptors (Lipinski definition) is 6. The number of nitrogens with one attached hydrogen (secondary N) is 2. The number of halogens is 1. The predicted molar refractivity (Wildman–Crippen MR) is 71.9 cm³/mol. The smallest absolute Gasteiger partial charge is 0.255 e. The number of carbonyl (C=O) groups excluding carboxylic acids is 1. The molecule has 4 N–H and O–H groups in total. The molecule has 0 aliphatic heterocycles. The summed E-state index contributed by atoms with van der Waals surface area (Å²) >= 11 is 3.25. The lowest BCUT2D eigenvalue weighted by Gasteiger charge is -2.08. The normalized spacial score (nSPS) is 10.3. The third-order valence-electron chi connectivity index (χ3n) is 2.29. The van der Waals surface area contributed by atoms with Crippen molar-refractivity contribution < 1.29 is 4.79 Å². The molecule has 1 amide bonds. The minimum absolute atomic E-state index is 0.232. The van der Waals surface area contributed by atoms with Crippen LogP contribution < -0.4 is 16.6 Å². The molecule has 0 fully saturated rings. The fourth-order valence-corrected chi connectivity index (χ4v) is 1.78. The number of anilines is 1. The number of rotatable bonds is 4. The van der Waals surface area contributed by atoms with Gasteiger partial charge in [-0.2, -0.15) is 5.10 Å². The molecule has 0 spiro atoms. The third kappa shape index (κ3) is 3.26. The fraction of sp³-hybridized carbons (Fsp3) is 0.200. The summed E-state index contributed by atoms with van der Waals surface area (Å²) < 4.78 is 2.25. The maximum atomic E-state index is 12.0. The van der Waals surface area contributed by atoms with Gasteiger partial charge in [0.1, 0.15) is 6.33 Å². The number of nitrogens with zero attached hydrogens (tertiary/aromatic N) is 4. The van der Waals surface area contributed by atoms with Crippen LogP contribution in [0.25, 0.3) is 0 Å². The lowest BCUT2D eigenvalue weighted by atomic mass is 10.2. The molecule has 0 radical (unpaired) electrons. The highest BCUT2D eigenvalue weighted by Gasteiger charge is 2.13. The van der Waals surface area contributed by atoms with Gasteiger partial charge in [-0.25, -0.2) is 15.8 Å². The number of aromatic nitrogens is 4. The van der Waals surface area contributed by atoms with Crippen molar-refractivity contribution in [2.75, 3.05) is 5.43 Å². The molecule has 8 nitrogen and oxygen atoms in total. The minimum atomic E-state index is -0.311. The van der Waals surface area contributed by atoms with Crippen LogP contribution in [0.15, 0.2) is 23.1 Å². The van der Waals surface area contributed by atoms with Gasteiger partial charge in [0.2, 0.25) is 0 Å². The van der Waals surface area contributed by atoms with Crippen molar-refractivity contribution in [3.8, 4) is 0 Å². The van der Waals surface area contributed by atoms with Crippen LogP contribution in [0.4, 0.5) is 5.82 Å². The molecule has 0 aliphatic carbocycles. The summed E-state index contributed by atoms with van der Waals surface area (Å²) in [6, 6.07) is 1.63. The first kappa shape index (κ1) is 13.4. The van der Waals surface area contributed by atoms with Crippen molar-refractivity contribution in [2.45, 2.75) is 6.54 Å². The maximum absolute atomic E-state index is 12.0. The van der Waals surface area contributed by atoms with Crippen LogP contribution in [-0.2, 0) is 13.6 Å². The molecule has 2 aromatic heterocycles. The second kappa shape index (κ2) is 5.76. The monoisotopic (exact) mass is 325 g/mol. The van der Waals surface area contributed by atoms with E-state index in [-0.39, 0.29) is 12.5 Å². The molecule has 100 valence electrons. The van der Waals surface area contributed by atoms with E-state index in [1.165, 1.54) is 0 Å². The van der Waals surface area contributed by atoms with Crippen molar-refractivity contribution in [2.24, 2.45) is 12.9 Å². The number of hydrazine groups is 1. The molecule has 19 heavy (non-hydrogen) atoms. The zero-order valence-corrected chi connectivity index (χ0v) is 11.7. The molecule has 2 rings (SSSR count). The van der Waals surface area contributed by atoms with E-state index in [4.69, 9.17) is 5.84 Å². The summed E-state index contributed by atoms with van der Waals surface area (Å²) in [6.07, 6.45) is 3.11. The van der Waals surface area contributed by atoms with E-state index in [1.807, 2.05) is 0 Å². The standard InChI is InChI=1S/C10H12BrN7O/c1-18-5-15-8(17-18)4-14-10(19)7-2-6(11)3-13-9(7)16-12/h2-3,5H,4,12H2,1H3,(H,13,16)(H,14,19). The van der Waals surface area contributed by atoms with Gasteiger partial charge in [0.05, 0.1) is 12.1 Å². The van der Waals surface area contributed by atoms with Gasteiger partial charge in [-0.15, -0.1) is 0 Å². The minimum Gasteiger partial charge on any atom is -0.345 e. The Labute approximate surface area is 117 Å². The third-order valence-corrected chi connectivity index (χ3v) is 2.72. The molecule has 0 bridgehead atoms. The van der Waals surface area contributed by atoms with E-state index in [9.17, 15) is 4.79 Å². The average Bonchev–Trinajstić information content (AvgIpc) is 2.81. The van der Waals surface area contributed by atoms with E-state index >= 15 is 0 Å². The van der Waals surface area contributed by atoms with Crippen LogP contribution in [0.3, 0.4) is 0 Å². The first-order valence-corrected chi connectivity index (χ1v) is 6.14. The summed E-state index contributed by atoms with van der Waals surface area (Å²) in [7, 11) is 1.76. The van der Waals surface area contributed by atoms with Gasteiger partial charge in [-0.1, -0.05) is 0 Å². The zero-order chi connectivity index (χ0) is 13.8. The molecular weight excluding hydrogens is 314 g/mol. The van der Waals surface area contributed by atoms with Crippen molar-refractivity contribution in [1.29, 1.82) is 0 Å². The molecule has 2 heterocycles. The molecular formula is C10H12BrN7O. The van der Waals surface area contributed by atoms with Crippen molar-refractivity contribution in [3.05, 3.63) is 34.5 Å². The van der Waals surface area contributed by atoms with E-state index in [2.05, 4.69) is 41.7 Å². The van der Waals surface area contributed by atoms with Gasteiger partial charge >= 0.3 is 0 Å². The number of pyridine rings is 1. The highest BCUT2D eigenvalue weighted by molar-refractivity contribution is 9.10. The van der Waals surface area contributed by atoms with Crippen LogP contribution in [0.1, 0.15) is 16.2 Å². The van der Waals surface area contributed by atoms with E-state index in [0.29, 0.717) is 21.7 Å². The Hall–Kier alpha value is -2.00. The lowest BCUT2D eigenvalue weighted by Crippen LogP contribution is -2.26. The van der Waals surface area contributed by atoms with E-state index in [0.717, 1.165) is 0 Å². The van der Waals surface area contributed by atoms with Gasteiger partial charge in [0.15, 0.2) is 11.6 Å². The summed E-state index contributed by atoms with van der Waals surface area (Å²) in [5.41, 5.74) is 2.72. The first-order valence-electron chi connectivity index (χ1n) is 5.35. The quantitative estimate of drug-likeness (QED) is 0.546. The summed E-state index contributed by atoms with van der Waals surface area (Å²) in [6.45, 7) is 0.232. The Kier molecular flexibility index (Phi) is 4.07.